The third-order valence-corrected chi connectivity index (χ3v) is 3.20. The summed E-state index contributed by atoms with van der Waals surface area (Å²) in [6, 6.07) is 7.71. The second-order valence-corrected chi connectivity index (χ2v) is 4.90. The van der Waals surface area contributed by atoms with Gasteiger partial charge in [-0.1, -0.05) is 27.5 Å². The highest BCUT2D eigenvalue weighted by Crippen LogP contribution is 2.31. The lowest BCUT2D eigenvalue weighted by molar-refractivity contribution is 0.0655. The first-order chi connectivity index (χ1) is 8.49. The minimum Gasteiger partial charge on any atom is -0.475 e. The van der Waals surface area contributed by atoms with Crippen LogP contribution in [0.15, 0.2) is 39.2 Å². The molecule has 0 amide bonds. The Morgan fingerprint density at radius 1 is 1.33 bits per heavy atom. The maximum Gasteiger partial charge on any atom is 0.371 e. The zero-order chi connectivity index (χ0) is 13.3. The Morgan fingerprint density at radius 3 is 2.67 bits per heavy atom. The van der Waals surface area contributed by atoms with Gasteiger partial charge in [-0.05, 0) is 30.3 Å². The summed E-state index contributed by atoms with van der Waals surface area (Å²) in [5.41, 5.74) is 0.442. The van der Waals surface area contributed by atoms with Gasteiger partial charge in [0.05, 0.1) is 0 Å². The Morgan fingerprint density at radius 2 is 2.06 bits per heavy atom. The maximum atomic E-state index is 10.7. The highest BCUT2D eigenvalue weighted by atomic mass is 79.9. The zero-order valence-electron chi connectivity index (χ0n) is 8.93. The van der Waals surface area contributed by atoms with Crippen LogP contribution in [0.2, 0.25) is 5.02 Å². The topological polar surface area (TPSA) is 70.7 Å². The third-order valence-electron chi connectivity index (χ3n) is 2.36. The van der Waals surface area contributed by atoms with Crippen LogP contribution in [-0.2, 0) is 0 Å². The molecule has 94 valence electrons. The van der Waals surface area contributed by atoms with E-state index in [1.54, 1.807) is 18.2 Å². The van der Waals surface area contributed by atoms with Crippen LogP contribution >= 0.6 is 27.5 Å². The highest BCUT2D eigenvalue weighted by molar-refractivity contribution is 9.10. The predicted molar refractivity (Wildman–Crippen MR) is 68.9 cm³/mol. The van der Waals surface area contributed by atoms with Gasteiger partial charge in [0.1, 0.15) is 11.9 Å². The van der Waals surface area contributed by atoms with Crippen molar-refractivity contribution in [2.24, 2.45) is 0 Å². The molecule has 0 radical (unpaired) electrons. The van der Waals surface area contributed by atoms with E-state index in [0.29, 0.717) is 10.6 Å². The molecule has 0 fully saturated rings. The molecule has 0 bridgehead atoms. The first-order valence-corrected chi connectivity index (χ1v) is 6.12. The Bertz CT molecular complexity index is 594. The van der Waals surface area contributed by atoms with Crippen molar-refractivity contribution in [3.8, 4) is 0 Å². The summed E-state index contributed by atoms with van der Waals surface area (Å²) in [6.45, 7) is 0. The molecule has 4 nitrogen and oxygen atoms in total. The van der Waals surface area contributed by atoms with Crippen molar-refractivity contribution < 1.29 is 19.4 Å². The fourth-order valence-electron chi connectivity index (χ4n) is 1.49. The van der Waals surface area contributed by atoms with Gasteiger partial charge in [0.15, 0.2) is 0 Å². The van der Waals surface area contributed by atoms with Crippen LogP contribution in [0.4, 0.5) is 0 Å². The molecule has 18 heavy (non-hydrogen) atoms. The number of aliphatic hydroxyl groups is 1. The first kappa shape index (κ1) is 13.1. The Hall–Kier alpha value is -1.30. The average Bonchev–Trinajstić information content (AvgIpc) is 2.81. The lowest BCUT2D eigenvalue weighted by Gasteiger charge is -2.10. The van der Waals surface area contributed by atoms with Gasteiger partial charge >= 0.3 is 5.97 Å². The maximum absolute atomic E-state index is 10.7. The van der Waals surface area contributed by atoms with Crippen molar-refractivity contribution in [1.82, 2.24) is 0 Å². The third kappa shape index (κ3) is 2.58. The summed E-state index contributed by atoms with van der Waals surface area (Å²) in [7, 11) is 0. The second kappa shape index (κ2) is 5.14. The van der Waals surface area contributed by atoms with Crippen LogP contribution in [0.3, 0.4) is 0 Å². The molecular weight excluding hydrogens is 323 g/mol. The molecule has 6 heteroatoms. The first-order valence-electron chi connectivity index (χ1n) is 4.95. The van der Waals surface area contributed by atoms with Gasteiger partial charge in [0.25, 0.3) is 0 Å². The Kier molecular flexibility index (Phi) is 3.75. The summed E-state index contributed by atoms with van der Waals surface area (Å²) in [5, 5.41) is 19.2. The van der Waals surface area contributed by atoms with E-state index in [9.17, 15) is 9.90 Å². The van der Waals surface area contributed by atoms with Gasteiger partial charge < -0.3 is 14.6 Å². The summed E-state index contributed by atoms with van der Waals surface area (Å²) in [4.78, 5) is 10.7. The largest absolute Gasteiger partial charge is 0.475 e. The smallest absolute Gasteiger partial charge is 0.371 e. The summed E-state index contributed by atoms with van der Waals surface area (Å²) in [6.07, 6.45) is -1.11. The molecule has 0 saturated carbocycles. The molecule has 0 saturated heterocycles. The molecule has 1 aromatic carbocycles. The number of benzene rings is 1. The van der Waals surface area contributed by atoms with Crippen molar-refractivity contribution in [3.63, 3.8) is 0 Å². The van der Waals surface area contributed by atoms with E-state index in [-0.39, 0.29) is 11.5 Å². The molecule has 0 aliphatic rings. The minimum atomic E-state index is -1.19. The fourth-order valence-corrected chi connectivity index (χ4v) is 2.09. The molecule has 1 atom stereocenters. The molecule has 2 N–H and O–H groups in total. The lowest BCUT2D eigenvalue weighted by atomic mass is 10.1. The van der Waals surface area contributed by atoms with Crippen molar-refractivity contribution in [2.75, 3.05) is 0 Å². The Labute approximate surface area is 116 Å². The average molecular weight is 332 g/mol. The van der Waals surface area contributed by atoms with Crippen molar-refractivity contribution in [1.29, 1.82) is 0 Å². The highest BCUT2D eigenvalue weighted by Gasteiger charge is 2.19. The number of carbonyl (C=O) groups is 1. The molecule has 1 heterocycles. The second-order valence-electron chi connectivity index (χ2n) is 3.58. The Balaban J connectivity index is 2.37. The van der Waals surface area contributed by atoms with Gasteiger partial charge in [-0.3, -0.25) is 0 Å². The van der Waals surface area contributed by atoms with Crippen LogP contribution < -0.4 is 0 Å². The molecule has 2 aromatic rings. The van der Waals surface area contributed by atoms with Gasteiger partial charge in [0, 0.05) is 15.1 Å². The number of aliphatic hydroxyl groups excluding tert-OH is 1. The molecule has 2 rings (SSSR count). The predicted octanol–water partition coefficient (Wildman–Crippen LogP) is 3.48. The van der Waals surface area contributed by atoms with E-state index in [0.717, 1.165) is 4.47 Å². The summed E-state index contributed by atoms with van der Waals surface area (Å²) >= 11 is 9.24. The van der Waals surface area contributed by atoms with Gasteiger partial charge in [-0.15, -0.1) is 0 Å². The van der Waals surface area contributed by atoms with Gasteiger partial charge in [0.2, 0.25) is 5.76 Å². The number of carboxylic acids is 1. The number of halogens is 2. The number of hydrogen-bond donors (Lipinski definition) is 2. The number of carboxylic acid groups (broad SMARTS) is 1. The van der Waals surface area contributed by atoms with E-state index < -0.39 is 12.1 Å². The van der Waals surface area contributed by atoms with Crippen molar-refractivity contribution >= 4 is 33.5 Å². The number of hydrogen-bond acceptors (Lipinski definition) is 3. The van der Waals surface area contributed by atoms with Crippen LogP contribution in [0.1, 0.15) is 28.0 Å². The van der Waals surface area contributed by atoms with E-state index >= 15 is 0 Å². The SMILES string of the molecule is O=C(O)c1ccc(C(O)c2cc(Br)ccc2Cl)o1. The zero-order valence-corrected chi connectivity index (χ0v) is 11.3. The van der Waals surface area contributed by atoms with Crippen LogP contribution in [-0.4, -0.2) is 16.2 Å². The number of furan rings is 1. The number of rotatable bonds is 3. The van der Waals surface area contributed by atoms with E-state index in [2.05, 4.69) is 15.9 Å². The van der Waals surface area contributed by atoms with Gasteiger partial charge in [-0.2, -0.15) is 0 Å². The van der Waals surface area contributed by atoms with E-state index in [1.807, 2.05) is 0 Å². The van der Waals surface area contributed by atoms with Crippen LogP contribution in [0.25, 0.3) is 0 Å². The summed E-state index contributed by atoms with van der Waals surface area (Å²) < 4.78 is 5.79. The number of aromatic carboxylic acids is 1. The molecule has 0 aliphatic carbocycles. The van der Waals surface area contributed by atoms with Crippen LogP contribution in [0.5, 0.6) is 0 Å². The monoisotopic (exact) mass is 330 g/mol. The lowest BCUT2D eigenvalue weighted by Crippen LogP contribution is -1.99. The normalized spacial score (nSPS) is 12.4. The molecule has 0 aliphatic heterocycles. The minimum absolute atomic E-state index is 0.132. The standard InChI is InChI=1S/C12H8BrClO4/c13-6-1-2-8(14)7(5-6)11(15)9-3-4-10(18-9)12(16)17/h1-5,11,15H,(H,16,17). The van der Waals surface area contributed by atoms with Crippen LogP contribution in [0, 0.1) is 0 Å². The summed E-state index contributed by atoms with van der Waals surface area (Å²) in [5.74, 6) is -1.28. The molecule has 0 spiro atoms. The van der Waals surface area contributed by atoms with E-state index in [4.69, 9.17) is 21.1 Å². The van der Waals surface area contributed by atoms with E-state index in [1.165, 1.54) is 12.1 Å². The fraction of sp³-hybridized carbons (Fsp3) is 0.0833. The molecule has 1 unspecified atom stereocenters. The van der Waals surface area contributed by atoms with Gasteiger partial charge in [-0.25, -0.2) is 4.79 Å². The quantitative estimate of drug-likeness (QED) is 0.903. The van der Waals surface area contributed by atoms with Crippen molar-refractivity contribution in [3.05, 3.63) is 56.9 Å². The molecule has 1 aromatic heterocycles. The molecular formula is C12H8BrClO4. The van der Waals surface area contributed by atoms with Crippen molar-refractivity contribution in [2.45, 2.75) is 6.10 Å².